The largest absolute Gasteiger partial charge is 0.339 e. The second-order valence-corrected chi connectivity index (χ2v) is 6.69. The number of hydrogen-bond acceptors (Lipinski definition) is 6. The lowest BCUT2D eigenvalue weighted by molar-refractivity contribution is 0.680. The van der Waals surface area contributed by atoms with E-state index < -0.39 is 10.8 Å². The van der Waals surface area contributed by atoms with Gasteiger partial charge in [-0.3, -0.25) is 14.0 Å². The molecule has 0 saturated heterocycles. The van der Waals surface area contributed by atoms with Crippen LogP contribution in [0.15, 0.2) is 58.7 Å². The Bertz CT molecular complexity index is 1190. The lowest BCUT2D eigenvalue weighted by Crippen LogP contribution is -2.11. The van der Waals surface area contributed by atoms with Crippen molar-refractivity contribution < 1.29 is 4.21 Å². The van der Waals surface area contributed by atoms with Gasteiger partial charge in [0.2, 0.25) is 5.16 Å². The van der Waals surface area contributed by atoms with Crippen LogP contribution < -0.4 is 10.9 Å². The summed E-state index contributed by atoms with van der Waals surface area (Å²) in [6.07, 6.45) is 4.74. The fourth-order valence-corrected chi connectivity index (χ4v) is 3.03. The fourth-order valence-electron chi connectivity index (χ4n) is 2.58. The van der Waals surface area contributed by atoms with E-state index in [9.17, 15) is 9.00 Å². The SMILES string of the molecule is CS(=O)c1nc(Nc2ccc3ncccc3c2)c2c(=O)[nH]ccc2n1. The molecule has 1 atom stereocenters. The predicted octanol–water partition coefficient (Wildman–Crippen LogP) is 2.35. The van der Waals surface area contributed by atoms with Gasteiger partial charge in [0.15, 0.2) is 0 Å². The Kier molecular flexibility index (Phi) is 3.73. The molecule has 3 heterocycles. The van der Waals surface area contributed by atoms with Gasteiger partial charge in [-0.05, 0) is 30.3 Å². The molecule has 0 amide bonds. The number of H-pyrrole nitrogens is 1. The summed E-state index contributed by atoms with van der Waals surface area (Å²) in [5.74, 6) is 0.320. The summed E-state index contributed by atoms with van der Waals surface area (Å²) in [6.45, 7) is 0. The maximum atomic E-state index is 12.2. The van der Waals surface area contributed by atoms with Crippen molar-refractivity contribution in [2.75, 3.05) is 11.6 Å². The lowest BCUT2D eigenvalue weighted by Gasteiger charge is -2.10. The van der Waals surface area contributed by atoms with Crippen LogP contribution in [0, 0.1) is 0 Å². The van der Waals surface area contributed by atoms with Gasteiger partial charge in [0.1, 0.15) is 11.2 Å². The van der Waals surface area contributed by atoms with Gasteiger partial charge in [0, 0.05) is 29.7 Å². The van der Waals surface area contributed by atoms with Crippen LogP contribution in [0.25, 0.3) is 21.8 Å². The van der Waals surface area contributed by atoms with E-state index in [2.05, 4.69) is 25.3 Å². The molecule has 0 aliphatic carbocycles. The molecule has 124 valence electrons. The molecule has 7 nitrogen and oxygen atoms in total. The Balaban J connectivity index is 1.89. The molecule has 0 aliphatic heterocycles. The van der Waals surface area contributed by atoms with Gasteiger partial charge < -0.3 is 10.3 Å². The maximum Gasteiger partial charge on any atom is 0.261 e. The molecule has 1 unspecified atom stereocenters. The first-order valence-electron chi connectivity index (χ1n) is 7.46. The quantitative estimate of drug-likeness (QED) is 0.550. The molecule has 0 bridgehead atoms. The fraction of sp³-hybridized carbons (Fsp3) is 0.0588. The summed E-state index contributed by atoms with van der Waals surface area (Å²) in [4.78, 5) is 27.6. The normalized spacial score (nSPS) is 12.4. The van der Waals surface area contributed by atoms with Crippen LogP contribution in [0.3, 0.4) is 0 Å². The van der Waals surface area contributed by atoms with E-state index in [1.807, 2.05) is 30.3 Å². The first-order valence-corrected chi connectivity index (χ1v) is 9.02. The molecule has 1 aromatic carbocycles. The zero-order valence-electron chi connectivity index (χ0n) is 13.2. The molecule has 0 fully saturated rings. The van der Waals surface area contributed by atoms with Crippen LogP contribution in [0.4, 0.5) is 11.5 Å². The van der Waals surface area contributed by atoms with E-state index in [0.717, 1.165) is 16.6 Å². The lowest BCUT2D eigenvalue weighted by atomic mass is 10.2. The Morgan fingerprint density at radius 3 is 2.84 bits per heavy atom. The van der Waals surface area contributed by atoms with E-state index in [-0.39, 0.29) is 10.7 Å². The molecule has 2 N–H and O–H groups in total. The minimum atomic E-state index is -1.37. The van der Waals surface area contributed by atoms with Gasteiger partial charge in [-0.2, -0.15) is 0 Å². The molecule has 0 saturated carbocycles. The Hall–Kier alpha value is -3.13. The summed E-state index contributed by atoms with van der Waals surface area (Å²) in [6, 6.07) is 11.1. The third kappa shape index (κ3) is 2.87. The van der Waals surface area contributed by atoms with Crippen molar-refractivity contribution in [3.8, 4) is 0 Å². The number of nitrogens with zero attached hydrogens (tertiary/aromatic N) is 3. The topological polar surface area (TPSA) is 101 Å². The van der Waals surface area contributed by atoms with E-state index in [4.69, 9.17) is 0 Å². The van der Waals surface area contributed by atoms with Crippen LogP contribution in [-0.4, -0.2) is 30.4 Å². The maximum absolute atomic E-state index is 12.2. The molecule has 0 spiro atoms. The standard InChI is InChI=1S/C17H13N5O2S/c1-25(24)17-21-13-6-8-19-16(23)14(13)15(22-17)20-11-4-5-12-10(9-11)3-2-7-18-12/h2-9H,1H3,(H,19,23)(H,20,21,22). The summed E-state index contributed by atoms with van der Waals surface area (Å²) in [5.41, 5.74) is 1.75. The number of pyridine rings is 2. The monoisotopic (exact) mass is 351 g/mol. The highest BCUT2D eigenvalue weighted by Gasteiger charge is 2.13. The summed E-state index contributed by atoms with van der Waals surface area (Å²) >= 11 is 0. The van der Waals surface area contributed by atoms with Crippen molar-refractivity contribution in [1.29, 1.82) is 0 Å². The van der Waals surface area contributed by atoms with Crippen molar-refractivity contribution in [3.63, 3.8) is 0 Å². The number of aromatic nitrogens is 4. The molecular formula is C17H13N5O2S. The summed E-state index contributed by atoms with van der Waals surface area (Å²) in [5, 5.41) is 4.59. The zero-order valence-corrected chi connectivity index (χ0v) is 14.0. The van der Waals surface area contributed by atoms with E-state index >= 15 is 0 Å². The molecule has 25 heavy (non-hydrogen) atoms. The summed E-state index contributed by atoms with van der Waals surface area (Å²) < 4.78 is 11.8. The van der Waals surface area contributed by atoms with Crippen molar-refractivity contribution in [3.05, 3.63) is 59.1 Å². The third-order valence-electron chi connectivity index (χ3n) is 3.72. The van der Waals surface area contributed by atoms with Crippen LogP contribution in [0.2, 0.25) is 0 Å². The van der Waals surface area contributed by atoms with Gasteiger partial charge in [-0.25, -0.2) is 9.97 Å². The highest BCUT2D eigenvalue weighted by atomic mass is 32.2. The van der Waals surface area contributed by atoms with Gasteiger partial charge in [0.25, 0.3) is 5.56 Å². The Labute approximate surface area is 144 Å². The van der Waals surface area contributed by atoms with Gasteiger partial charge in [-0.15, -0.1) is 0 Å². The average Bonchev–Trinajstić information content (AvgIpc) is 2.61. The molecular weight excluding hydrogens is 338 g/mol. The van der Waals surface area contributed by atoms with E-state index in [1.165, 1.54) is 12.5 Å². The first-order chi connectivity index (χ1) is 12.1. The second kappa shape index (κ2) is 6.06. The molecule has 4 aromatic rings. The molecule has 8 heteroatoms. The van der Waals surface area contributed by atoms with Crippen LogP contribution >= 0.6 is 0 Å². The summed E-state index contributed by atoms with van der Waals surface area (Å²) in [7, 11) is -1.37. The Morgan fingerprint density at radius 1 is 1.12 bits per heavy atom. The van der Waals surface area contributed by atoms with Crippen molar-refractivity contribution in [1.82, 2.24) is 19.9 Å². The number of anilines is 2. The highest BCUT2D eigenvalue weighted by molar-refractivity contribution is 7.84. The number of aromatic amines is 1. The smallest absolute Gasteiger partial charge is 0.261 e. The van der Waals surface area contributed by atoms with Gasteiger partial charge in [0.05, 0.1) is 21.8 Å². The average molecular weight is 351 g/mol. The van der Waals surface area contributed by atoms with Gasteiger partial charge >= 0.3 is 0 Å². The minimum Gasteiger partial charge on any atom is -0.339 e. The van der Waals surface area contributed by atoms with Crippen LogP contribution in [0.5, 0.6) is 0 Å². The molecule has 0 aliphatic rings. The number of benzene rings is 1. The van der Waals surface area contributed by atoms with E-state index in [1.54, 1.807) is 12.3 Å². The third-order valence-corrected chi connectivity index (χ3v) is 4.42. The first kappa shape index (κ1) is 15.4. The number of fused-ring (bicyclic) bond motifs is 2. The zero-order chi connectivity index (χ0) is 17.4. The van der Waals surface area contributed by atoms with Crippen LogP contribution in [-0.2, 0) is 10.8 Å². The number of nitrogens with one attached hydrogen (secondary N) is 2. The number of hydrogen-bond donors (Lipinski definition) is 2. The highest BCUT2D eigenvalue weighted by Crippen LogP contribution is 2.24. The van der Waals surface area contributed by atoms with Crippen molar-refractivity contribution in [2.45, 2.75) is 5.16 Å². The Morgan fingerprint density at radius 2 is 2.00 bits per heavy atom. The van der Waals surface area contributed by atoms with Crippen molar-refractivity contribution >= 4 is 44.1 Å². The van der Waals surface area contributed by atoms with Crippen molar-refractivity contribution in [2.24, 2.45) is 0 Å². The second-order valence-electron chi connectivity index (χ2n) is 5.41. The number of rotatable bonds is 3. The molecule has 4 rings (SSSR count). The minimum absolute atomic E-state index is 0.169. The molecule has 3 aromatic heterocycles. The van der Waals surface area contributed by atoms with Crippen LogP contribution in [0.1, 0.15) is 0 Å². The predicted molar refractivity (Wildman–Crippen MR) is 97.5 cm³/mol. The van der Waals surface area contributed by atoms with E-state index in [0.29, 0.717) is 16.7 Å². The molecule has 0 radical (unpaired) electrons. The van der Waals surface area contributed by atoms with Gasteiger partial charge in [-0.1, -0.05) is 6.07 Å².